The molecule has 1 heterocycles. The summed E-state index contributed by atoms with van der Waals surface area (Å²) in [7, 11) is 0. The predicted molar refractivity (Wildman–Crippen MR) is 50.7 cm³/mol. The van der Waals surface area contributed by atoms with E-state index in [1.54, 1.807) is 0 Å². The predicted octanol–water partition coefficient (Wildman–Crippen LogP) is 0.249. The number of rotatable bonds is 3. The molecule has 1 aromatic heterocycles. The van der Waals surface area contributed by atoms with Gasteiger partial charge in [0.25, 0.3) is 5.91 Å². The van der Waals surface area contributed by atoms with E-state index in [1.807, 2.05) is 0 Å². The number of nitrogens with zero attached hydrogens (tertiary/aromatic N) is 2. The van der Waals surface area contributed by atoms with Crippen molar-refractivity contribution in [1.29, 1.82) is 0 Å². The number of H-pyrrole nitrogens is 1. The number of aromatic amines is 1. The van der Waals surface area contributed by atoms with E-state index in [-0.39, 0.29) is 5.82 Å². The van der Waals surface area contributed by atoms with Gasteiger partial charge in [0.05, 0.1) is 0 Å². The fourth-order valence-electron chi connectivity index (χ4n) is 0.973. The first-order valence-electron chi connectivity index (χ1n) is 4.59. The molecule has 0 aliphatic heterocycles. The number of carboxylic acids is 1. The Kier molecular flexibility index (Phi) is 3.31. The summed E-state index contributed by atoms with van der Waals surface area (Å²) < 4.78 is 37.8. The first-order valence-corrected chi connectivity index (χ1v) is 4.59. The summed E-state index contributed by atoms with van der Waals surface area (Å²) in [4.78, 5) is 25.6. The lowest BCUT2D eigenvalue weighted by Gasteiger charge is -2.27. The molecule has 100 valence electrons. The number of hydrogen-bond acceptors (Lipinski definition) is 4. The molecule has 0 spiro atoms. The zero-order valence-electron chi connectivity index (χ0n) is 9.29. The molecule has 1 aromatic rings. The van der Waals surface area contributed by atoms with Crippen LogP contribution in [-0.4, -0.2) is 43.9 Å². The van der Waals surface area contributed by atoms with Crippen LogP contribution in [0.4, 0.5) is 13.2 Å². The second-order valence-electron chi connectivity index (χ2n) is 3.63. The minimum absolute atomic E-state index is 0.212. The Morgan fingerprint density at radius 1 is 1.39 bits per heavy atom. The summed E-state index contributed by atoms with van der Waals surface area (Å²) in [5, 5.41) is 15.5. The number of nitrogens with one attached hydrogen (secondary N) is 2. The Labute approximate surface area is 98.4 Å². The highest BCUT2D eigenvalue weighted by molar-refractivity contribution is 5.95. The summed E-state index contributed by atoms with van der Waals surface area (Å²) >= 11 is 0. The Balaban J connectivity index is 3.00. The number of hydrogen-bond donors (Lipinski definition) is 3. The van der Waals surface area contributed by atoms with Gasteiger partial charge < -0.3 is 10.4 Å². The fourth-order valence-corrected chi connectivity index (χ4v) is 0.973. The molecule has 18 heavy (non-hydrogen) atoms. The SMILES string of the molecule is Cc1nc(C(=O)NC(C)(C(=O)O)C(F)(F)F)n[nH]1. The largest absolute Gasteiger partial charge is 0.479 e. The molecular formula is C8H9F3N4O3. The lowest BCUT2D eigenvalue weighted by molar-refractivity contribution is -0.203. The first kappa shape index (κ1) is 13.9. The molecule has 0 saturated heterocycles. The maximum absolute atomic E-state index is 12.6. The summed E-state index contributed by atoms with van der Waals surface area (Å²) in [6.45, 7) is 1.77. The Morgan fingerprint density at radius 3 is 2.28 bits per heavy atom. The van der Waals surface area contributed by atoms with Crippen LogP contribution in [0.1, 0.15) is 23.4 Å². The highest BCUT2D eigenvalue weighted by Crippen LogP contribution is 2.30. The van der Waals surface area contributed by atoms with E-state index in [2.05, 4.69) is 15.2 Å². The van der Waals surface area contributed by atoms with Gasteiger partial charge in [-0.25, -0.2) is 9.78 Å². The molecule has 0 radical (unpaired) electrons. The number of amides is 1. The maximum atomic E-state index is 12.6. The van der Waals surface area contributed by atoms with Crippen LogP contribution in [0.25, 0.3) is 0 Å². The zero-order valence-corrected chi connectivity index (χ0v) is 9.29. The number of carbonyl (C=O) groups is 2. The van der Waals surface area contributed by atoms with Gasteiger partial charge in [0.1, 0.15) is 5.82 Å². The average molecular weight is 266 g/mol. The Hall–Kier alpha value is -2.13. The molecule has 0 saturated carbocycles. The lowest BCUT2D eigenvalue weighted by atomic mass is 10.0. The van der Waals surface area contributed by atoms with Crippen LogP contribution in [0.15, 0.2) is 0 Å². The molecule has 10 heteroatoms. The van der Waals surface area contributed by atoms with Gasteiger partial charge in [-0.05, 0) is 13.8 Å². The topological polar surface area (TPSA) is 108 Å². The highest BCUT2D eigenvalue weighted by atomic mass is 19.4. The first-order chi connectivity index (χ1) is 8.08. The van der Waals surface area contributed by atoms with Crippen molar-refractivity contribution < 1.29 is 27.9 Å². The molecule has 0 aliphatic carbocycles. The van der Waals surface area contributed by atoms with Crippen LogP contribution >= 0.6 is 0 Å². The number of halogens is 3. The zero-order chi connectivity index (χ0) is 14.1. The second kappa shape index (κ2) is 4.27. The van der Waals surface area contributed by atoms with Crippen LogP contribution in [0.5, 0.6) is 0 Å². The average Bonchev–Trinajstić information content (AvgIpc) is 2.62. The maximum Gasteiger partial charge on any atom is 0.422 e. The van der Waals surface area contributed by atoms with E-state index in [1.165, 1.54) is 12.2 Å². The standard InChI is InChI=1S/C8H9F3N4O3/c1-3-12-4(15-14-3)5(16)13-7(2,6(17)18)8(9,10)11/h1-2H3,(H,13,16)(H,17,18)(H,12,14,15). The van der Waals surface area contributed by atoms with Gasteiger partial charge in [-0.3, -0.25) is 9.89 Å². The van der Waals surface area contributed by atoms with E-state index in [4.69, 9.17) is 5.11 Å². The number of alkyl halides is 3. The van der Waals surface area contributed by atoms with Crippen LogP contribution in [0.3, 0.4) is 0 Å². The molecule has 0 aromatic carbocycles. The van der Waals surface area contributed by atoms with Gasteiger partial charge in [0.2, 0.25) is 11.4 Å². The van der Waals surface area contributed by atoms with E-state index < -0.39 is 29.4 Å². The molecule has 1 atom stereocenters. The van der Waals surface area contributed by atoms with Crippen LogP contribution < -0.4 is 5.32 Å². The second-order valence-corrected chi connectivity index (χ2v) is 3.63. The van der Waals surface area contributed by atoms with Crippen LogP contribution in [0, 0.1) is 6.92 Å². The Morgan fingerprint density at radius 2 is 1.94 bits per heavy atom. The molecular weight excluding hydrogens is 257 g/mol. The van der Waals surface area contributed by atoms with Crippen molar-refractivity contribution in [2.75, 3.05) is 0 Å². The lowest BCUT2D eigenvalue weighted by Crippen LogP contribution is -2.62. The normalized spacial score (nSPS) is 14.9. The van der Waals surface area contributed by atoms with Crippen molar-refractivity contribution in [2.24, 2.45) is 0 Å². The van der Waals surface area contributed by atoms with Gasteiger partial charge in [-0.2, -0.15) is 13.2 Å². The fraction of sp³-hybridized carbons (Fsp3) is 0.500. The quantitative estimate of drug-likeness (QED) is 0.726. The monoisotopic (exact) mass is 266 g/mol. The number of aryl methyl sites for hydroxylation is 1. The molecule has 1 amide bonds. The summed E-state index contributed by atoms with van der Waals surface area (Å²) in [5.74, 6) is -3.91. The molecule has 1 unspecified atom stereocenters. The van der Waals surface area contributed by atoms with Gasteiger partial charge in [-0.15, -0.1) is 5.10 Å². The highest BCUT2D eigenvalue weighted by Gasteiger charge is 2.58. The van der Waals surface area contributed by atoms with Crippen molar-refractivity contribution in [3.8, 4) is 0 Å². The Bertz CT molecular complexity index is 484. The van der Waals surface area contributed by atoms with Crippen molar-refractivity contribution in [1.82, 2.24) is 20.5 Å². The molecule has 3 N–H and O–H groups in total. The molecule has 0 fully saturated rings. The molecule has 7 nitrogen and oxygen atoms in total. The minimum atomic E-state index is -5.15. The summed E-state index contributed by atoms with van der Waals surface area (Å²) in [6, 6.07) is 0. The van der Waals surface area contributed by atoms with Crippen molar-refractivity contribution >= 4 is 11.9 Å². The number of carbonyl (C=O) groups excluding carboxylic acids is 1. The van der Waals surface area contributed by atoms with Gasteiger partial charge in [0.15, 0.2) is 0 Å². The van der Waals surface area contributed by atoms with Crippen molar-refractivity contribution in [3.05, 3.63) is 11.6 Å². The van der Waals surface area contributed by atoms with Gasteiger partial charge >= 0.3 is 12.1 Å². The number of aliphatic carboxylic acids is 1. The minimum Gasteiger partial charge on any atom is -0.479 e. The van der Waals surface area contributed by atoms with E-state index in [0.29, 0.717) is 6.92 Å². The van der Waals surface area contributed by atoms with Crippen LogP contribution in [-0.2, 0) is 4.79 Å². The smallest absolute Gasteiger partial charge is 0.422 e. The number of carboxylic acid groups (broad SMARTS) is 1. The van der Waals surface area contributed by atoms with Crippen molar-refractivity contribution in [3.63, 3.8) is 0 Å². The van der Waals surface area contributed by atoms with Gasteiger partial charge in [-0.1, -0.05) is 0 Å². The molecule has 0 aliphatic rings. The summed E-state index contributed by atoms with van der Waals surface area (Å²) in [6.07, 6.45) is -5.15. The van der Waals surface area contributed by atoms with Gasteiger partial charge in [0, 0.05) is 0 Å². The number of aromatic nitrogens is 3. The van der Waals surface area contributed by atoms with Crippen LogP contribution in [0.2, 0.25) is 0 Å². The molecule has 1 rings (SSSR count). The third-order valence-corrected chi connectivity index (χ3v) is 2.16. The van der Waals surface area contributed by atoms with E-state index in [0.717, 1.165) is 0 Å². The summed E-state index contributed by atoms with van der Waals surface area (Å²) in [5.41, 5.74) is -3.40. The third-order valence-electron chi connectivity index (χ3n) is 2.16. The van der Waals surface area contributed by atoms with Crippen molar-refractivity contribution in [2.45, 2.75) is 25.6 Å². The molecule has 0 bridgehead atoms. The van der Waals surface area contributed by atoms with E-state index >= 15 is 0 Å². The third kappa shape index (κ3) is 2.41. The van der Waals surface area contributed by atoms with E-state index in [9.17, 15) is 22.8 Å².